The molecular formula is C21H18ClN3O2. The number of para-hydroxylation sites is 1. The maximum atomic E-state index is 12.2. The number of benzene rings is 2. The average molecular weight is 380 g/mol. The van der Waals surface area contributed by atoms with Gasteiger partial charge in [0.1, 0.15) is 0 Å². The molecule has 27 heavy (non-hydrogen) atoms. The van der Waals surface area contributed by atoms with Crippen molar-refractivity contribution in [2.45, 2.75) is 0 Å². The Morgan fingerprint density at radius 1 is 1.11 bits per heavy atom. The number of halogens is 1. The van der Waals surface area contributed by atoms with Crippen molar-refractivity contribution in [1.29, 1.82) is 0 Å². The lowest BCUT2D eigenvalue weighted by molar-refractivity contribution is -0.111. The van der Waals surface area contributed by atoms with Crippen LogP contribution in [0.4, 0.5) is 5.69 Å². The van der Waals surface area contributed by atoms with Crippen LogP contribution in [0.25, 0.3) is 17.0 Å². The second kappa shape index (κ2) is 8.01. The fraction of sp³-hybridized carbons (Fsp3) is 0.0952. The molecule has 0 unspecified atom stereocenters. The third kappa shape index (κ3) is 4.33. The molecule has 1 aromatic heterocycles. The van der Waals surface area contributed by atoms with Gasteiger partial charge in [-0.25, -0.2) is 0 Å². The van der Waals surface area contributed by atoms with Gasteiger partial charge in [-0.1, -0.05) is 35.9 Å². The molecule has 0 radical (unpaired) electrons. The molecular weight excluding hydrogens is 362 g/mol. The fourth-order valence-electron chi connectivity index (χ4n) is 2.62. The number of rotatable bonds is 4. The zero-order chi connectivity index (χ0) is 19.4. The maximum Gasteiger partial charge on any atom is 0.254 e. The van der Waals surface area contributed by atoms with Crippen LogP contribution in [0.2, 0.25) is 5.02 Å². The van der Waals surface area contributed by atoms with Crippen molar-refractivity contribution in [2.75, 3.05) is 19.4 Å². The zero-order valence-corrected chi connectivity index (χ0v) is 15.7. The maximum absolute atomic E-state index is 12.2. The van der Waals surface area contributed by atoms with E-state index < -0.39 is 0 Å². The Balaban J connectivity index is 1.75. The van der Waals surface area contributed by atoms with Crippen molar-refractivity contribution < 1.29 is 9.59 Å². The molecule has 0 bridgehead atoms. The minimum absolute atomic E-state index is 0.193. The Hall–Kier alpha value is -3.18. The van der Waals surface area contributed by atoms with E-state index in [2.05, 4.69) is 10.3 Å². The second-order valence-electron chi connectivity index (χ2n) is 6.14. The van der Waals surface area contributed by atoms with Gasteiger partial charge in [-0.05, 0) is 30.3 Å². The molecule has 5 nitrogen and oxygen atoms in total. The molecule has 0 fully saturated rings. The minimum atomic E-state index is -0.300. The predicted molar refractivity (Wildman–Crippen MR) is 109 cm³/mol. The molecule has 0 atom stereocenters. The summed E-state index contributed by atoms with van der Waals surface area (Å²) in [4.78, 5) is 30.0. The van der Waals surface area contributed by atoms with Crippen LogP contribution in [0.1, 0.15) is 15.9 Å². The van der Waals surface area contributed by atoms with Crippen LogP contribution in [0.5, 0.6) is 0 Å². The molecule has 0 aliphatic carbocycles. The lowest BCUT2D eigenvalue weighted by atomic mass is 10.1. The number of hydrogen-bond donors (Lipinski definition) is 1. The summed E-state index contributed by atoms with van der Waals surface area (Å²) in [7, 11) is 3.31. The van der Waals surface area contributed by atoms with Crippen LogP contribution in [0.3, 0.4) is 0 Å². The standard InChI is InChI=1S/C21H18ClN3O2/c1-25(2)21(27)17-10-9-16(13-18(17)22)24-19(26)11-8-15-6-3-5-14-7-4-12-23-20(14)15/h3-13H,1-2H3,(H,24,26). The van der Waals surface area contributed by atoms with E-state index in [0.717, 1.165) is 16.5 Å². The highest BCUT2D eigenvalue weighted by atomic mass is 35.5. The van der Waals surface area contributed by atoms with Gasteiger partial charge in [0.15, 0.2) is 0 Å². The number of carbonyl (C=O) groups is 2. The van der Waals surface area contributed by atoms with Crippen molar-refractivity contribution >= 4 is 46.1 Å². The van der Waals surface area contributed by atoms with Crippen LogP contribution < -0.4 is 5.32 Å². The van der Waals surface area contributed by atoms with Crippen LogP contribution in [0.15, 0.2) is 60.8 Å². The summed E-state index contributed by atoms with van der Waals surface area (Å²) >= 11 is 6.17. The molecule has 0 saturated heterocycles. The van der Waals surface area contributed by atoms with Gasteiger partial charge in [-0.15, -0.1) is 0 Å². The fourth-order valence-corrected chi connectivity index (χ4v) is 2.88. The van der Waals surface area contributed by atoms with Gasteiger partial charge in [-0.3, -0.25) is 14.6 Å². The molecule has 0 aliphatic heterocycles. The summed E-state index contributed by atoms with van der Waals surface area (Å²) in [6, 6.07) is 14.4. The second-order valence-corrected chi connectivity index (χ2v) is 6.55. The van der Waals surface area contributed by atoms with Gasteiger partial charge in [0.25, 0.3) is 5.91 Å². The Morgan fingerprint density at radius 2 is 1.89 bits per heavy atom. The molecule has 3 aromatic rings. The molecule has 2 aromatic carbocycles. The highest BCUT2D eigenvalue weighted by Gasteiger charge is 2.13. The normalized spacial score (nSPS) is 10.9. The van der Waals surface area contributed by atoms with E-state index in [4.69, 9.17) is 11.6 Å². The van der Waals surface area contributed by atoms with Gasteiger partial charge in [0.05, 0.1) is 16.1 Å². The van der Waals surface area contributed by atoms with Gasteiger partial charge < -0.3 is 10.2 Å². The first-order chi connectivity index (χ1) is 13.0. The average Bonchev–Trinajstić information content (AvgIpc) is 2.66. The summed E-state index contributed by atoms with van der Waals surface area (Å²) in [5, 5.41) is 4.03. The number of carbonyl (C=O) groups excluding carboxylic acids is 2. The molecule has 3 rings (SSSR count). The Labute approximate surface area is 162 Å². The Morgan fingerprint density at radius 3 is 2.63 bits per heavy atom. The quantitative estimate of drug-likeness (QED) is 0.689. The zero-order valence-electron chi connectivity index (χ0n) is 14.9. The van der Waals surface area contributed by atoms with Crippen LogP contribution >= 0.6 is 11.6 Å². The van der Waals surface area contributed by atoms with Gasteiger partial charge in [0.2, 0.25) is 5.91 Å². The van der Waals surface area contributed by atoms with E-state index in [0.29, 0.717) is 11.3 Å². The molecule has 136 valence electrons. The van der Waals surface area contributed by atoms with E-state index in [1.807, 2.05) is 30.3 Å². The summed E-state index contributed by atoms with van der Waals surface area (Å²) in [6.07, 6.45) is 4.88. The van der Waals surface area contributed by atoms with Gasteiger partial charge in [0, 0.05) is 43.0 Å². The Bertz CT molecular complexity index is 1040. The first-order valence-corrected chi connectivity index (χ1v) is 8.67. The summed E-state index contributed by atoms with van der Waals surface area (Å²) in [6.45, 7) is 0. The third-order valence-corrected chi connectivity index (χ3v) is 4.26. The van der Waals surface area contributed by atoms with E-state index in [9.17, 15) is 9.59 Å². The van der Waals surface area contributed by atoms with E-state index in [1.54, 1.807) is 44.6 Å². The number of nitrogens with zero attached hydrogens (tertiary/aromatic N) is 2. The molecule has 0 saturated carbocycles. The van der Waals surface area contributed by atoms with Crippen molar-refractivity contribution in [3.63, 3.8) is 0 Å². The van der Waals surface area contributed by atoms with E-state index >= 15 is 0 Å². The topological polar surface area (TPSA) is 62.3 Å². The Kier molecular flexibility index (Phi) is 5.52. The summed E-state index contributed by atoms with van der Waals surface area (Å²) < 4.78 is 0. The number of pyridine rings is 1. The predicted octanol–water partition coefficient (Wildman–Crippen LogP) is 4.24. The monoisotopic (exact) mass is 379 g/mol. The summed E-state index contributed by atoms with van der Waals surface area (Å²) in [5.41, 5.74) is 2.59. The molecule has 6 heteroatoms. The molecule has 1 N–H and O–H groups in total. The van der Waals surface area contributed by atoms with Crippen LogP contribution in [-0.2, 0) is 4.79 Å². The van der Waals surface area contributed by atoms with Crippen LogP contribution in [-0.4, -0.2) is 35.8 Å². The SMILES string of the molecule is CN(C)C(=O)c1ccc(NC(=O)C=Cc2cccc3cccnc23)cc1Cl. The molecule has 0 spiro atoms. The van der Waals surface area contributed by atoms with E-state index in [-0.39, 0.29) is 16.8 Å². The van der Waals surface area contributed by atoms with Crippen molar-refractivity contribution in [3.8, 4) is 0 Å². The van der Waals surface area contributed by atoms with Crippen molar-refractivity contribution in [3.05, 3.63) is 77.0 Å². The number of aromatic nitrogens is 1. The third-order valence-electron chi connectivity index (χ3n) is 3.95. The lowest BCUT2D eigenvalue weighted by Gasteiger charge is -2.12. The van der Waals surface area contributed by atoms with Crippen LogP contribution in [0, 0.1) is 0 Å². The van der Waals surface area contributed by atoms with Gasteiger partial charge in [-0.2, -0.15) is 0 Å². The number of anilines is 1. The number of hydrogen-bond acceptors (Lipinski definition) is 3. The minimum Gasteiger partial charge on any atom is -0.345 e. The molecule has 1 heterocycles. The molecule has 0 aliphatic rings. The highest BCUT2D eigenvalue weighted by Crippen LogP contribution is 2.22. The van der Waals surface area contributed by atoms with Crippen molar-refractivity contribution in [1.82, 2.24) is 9.88 Å². The van der Waals surface area contributed by atoms with Crippen molar-refractivity contribution in [2.24, 2.45) is 0 Å². The number of amides is 2. The first-order valence-electron chi connectivity index (χ1n) is 8.30. The highest BCUT2D eigenvalue weighted by molar-refractivity contribution is 6.34. The lowest BCUT2D eigenvalue weighted by Crippen LogP contribution is -2.22. The number of fused-ring (bicyclic) bond motifs is 1. The van der Waals surface area contributed by atoms with Gasteiger partial charge >= 0.3 is 0 Å². The smallest absolute Gasteiger partial charge is 0.254 e. The number of nitrogens with one attached hydrogen (secondary N) is 1. The largest absolute Gasteiger partial charge is 0.345 e. The molecule has 2 amide bonds. The van der Waals surface area contributed by atoms with E-state index in [1.165, 1.54) is 11.0 Å². The summed E-state index contributed by atoms with van der Waals surface area (Å²) in [5.74, 6) is -0.494. The first kappa shape index (κ1) is 18.6.